The minimum atomic E-state index is 0.478. The number of hydrogen-bond acceptors (Lipinski definition) is 6. The summed E-state index contributed by atoms with van der Waals surface area (Å²) in [6.07, 6.45) is 3.38. The molecule has 0 saturated heterocycles. The molecule has 0 aliphatic rings. The van der Waals surface area contributed by atoms with Crippen molar-refractivity contribution in [2.45, 2.75) is 13.5 Å². The number of rotatable bonds is 5. The molecule has 2 aromatic carbocycles. The van der Waals surface area contributed by atoms with Gasteiger partial charge in [-0.25, -0.2) is 0 Å². The van der Waals surface area contributed by atoms with Crippen molar-refractivity contribution in [3.8, 4) is 0 Å². The molecule has 2 N–H and O–H groups in total. The van der Waals surface area contributed by atoms with Gasteiger partial charge in [-0.3, -0.25) is 4.98 Å². The fraction of sp³-hybridized carbons (Fsp3) is 0.100. The van der Waals surface area contributed by atoms with Gasteiger partial charge in [0.25, 0.3) is 0 Å². The predicted octanol–water partition coefficient (Wildman–Crippen LogP) is 4.08. The quantitative estimate of drug-likeness (QED) is 0.569. The Morgan fingerprint density at radius 3 is 2.77 bits per heavy atom. The van der Waals surface area contributed by atoms with E-state index in [4.69, 9.17) is 0 Å². The Labute approximate surface area is 151 Å². The molecule has 0 fully saturated rings. The Bertz CT molecular complexity index is 1040. The lowest BCUT2D eigenvalue weighted by atomic mass is 10.1. The minimum Gasteiger partial charge on any atom is -0.349 e. The van der Waals surface area contributed by atoms with Crippen LogP contribution in [-0.2, 0) is 6.54 Å². The number of aromatic nitrogens is 4. The van der Waals surface area contributed by atoms with Crippen molar-refractivity contribution in [3.63, 3.8) is 0 Å². The molecule has 6 heteroatoms. The van der Waals surface area contributed by atoms with E-state index >= 15 is 0 Å². The van der Waals surface area contributed by atoms with Gasteiger partial charge < -0.3 is 10.6 Å². The van der Waals surface area contributed by atoms with Crippen molar-refractivity contribution in [2.75, 3.05) is 10.6 Å². The maximum atomic E-state index is 4.50. The van der Waals surface area contributed by atoms with Gasteiger partial charge in [-0.05, 0) is 30.2 Å². The summed E-state index contributed by atoms with van der Waals surface area (Å²) < 4.78 is 0. The second kappa shape index (κ2) is 7.14. The number of para-hydroxylation sites is 1. The lowest BCUT2D eigenvalue weighted by molar-refractivity contribution is 0.946. The zero-order chi connectivity index (χ0) is 17.8. The molecular formula is C20H18N6. The van der Waals surface area contributed by atoms with E-state index in [0.29, 0.717) is 18.3 Å². The number of aryl methyl sites for hydroxylation is 1. The van der Waals surface area contributed by atoms with Gasteiger partial charge in [0, 0.05) is 18.1 Å². The molecule has 0 atom stereocenters. The summed E-state index contributed by atoms with van der Waals surface area (Å²) in [5.41, 5.74) is 4.20. The second-order valence-electron chi connectivity index (χ2n) is 5.95. The summed E-state index contributed by atoms with van der Waals surface area (Å²) in [5, 5.41) is 15.7. The first-order valence-corrected chi connectivity index (χ1v) is 8.38. The highest BCUT2D eigenvalue weighted by atomic mass is 15.3. The molecular weight excluding hydrogens is 324 g/mol. The molecule has 0 aliphatic heterocycles. The minimum absolute atomic E-state index is 0.478. The number of nitrogens with zero attached hydrogens (tertiary/aromatic N) is 4. The van der Waals surface area contributed by atoms with Crippen LogP contribution in [0.3, 0.4) is 0 Å². The molecule has 2 aromatic heterocycles. The molecule has 4 aromatic rings. The van der Waals surface area contributed by atoms with Gasteiger partial charge >= 0.3 is 0 Å². The summed E-state index contributed by atoms with van der Waals surface area (Å²) in [7, 11) is 0. The molecule has 2 heterocycles. The van der Waals surface area contributed by atoms with E-state index in [1.165, 1.54) is 11.1 Å². The number of hydrogen-bond donors (Lipinski definition) is 2. The van der Waals surface area contributed by atoms with Crippen molar-refractivity contribution in [1.29, 1.82) is 0 Å². The van der Waals surface area contributed by atoms with Gasteiger partial charge in [-0.1, -0.05) is 42.5 Å². The van der Waals surface area contributed by atoms with Crippen LogP contribution in [0.1, 0.15) is 11.1 Å². The van der Waals surface area contributed by atoms with Gasteiger partial charge in [-0.15, -0.1) is 5.10 Å². The first kappa shape index (κ1) is 16.0. The monoisotopic (exact) mass is 342 g/mol. The Kier molecular flexibility index (Phi) is 4.38. The third-order valence-electron chi connectivity index (χ3n) is 4.15. The number of benzene rings is 2. The zero-order valence-electron chi connectivity index (χ0n) is 14.3. The molecule has 0 bridgehead atoms. The number of pyridine rings is 1. The van der Waals surface area contributed by atoms with E-state index in [1.807, 2.05) is 42.5 Å². The molecule has 0 spiro atoms. The lowest BCUT2D eigenvalue weighted by Gasteiger charge is -2.10. The fourth-order valence-electron chi connectivity index (χ4n) is 2.76. The lowest BCUT2D eigenvalue weighted by Crippen LogP contribution is -2.07. The van der Waals surface area contributed by atoms with Crippen LogP contribution >= 0.6 is 0 Å². The van der Waals surface area contributed by atoms with Crippen molar-refractivity contribution < 1.29 is 0 Å². The highest BCUT2D eigenvalue weighted by Gasteiger charge is 2.05. The van der Waals surface area contributed by atoms with Crippen LogP contribution in [-0.4, -0.2) is 20.2 Å². The molecule has 0 unspecified atom stereocenters. The Morgan fingerprint density at radius 1 is 0.962 bits per heavy atom. The van der Waals surface area contributed by atoms with Crippen LogP contribution < -0.4 is 10.6 Å². The molecule has 6 nitrogen and oxygen atoms in total. The van der Waals surface area contributed by atoms with E-state index in [-0.39, 0.29) is 0 Å². The molecule has 128 valence electrons. The maximum Gasteiger partial charge on any atom is 0.244 e. The molecule has 0 aliphatic carbocycles. The maximum absolute atomic E-state index is 4.50. The Balaban J connectivity index is 1.53. The van der Waals surface area contributed by atoms with E-state index < -0.39 is 0 Å². The average molecular weight is 342 g/mol. The normalized spacial score (nSPS) is 10.7. The number of fused-ring (bicyclic) bond motifs is 1. The fourth-order valence-corrected chi connectivity index (χ4v) is 2.76. The van der Waals surface area contributed by atoms with Gasteiger partial charge in [-0.2, -0.15) is 10.1 Å². The van der Waals surface area contributed by atoms with Gasteiger partial charge in [0.05, 0.1) is 17.4 Å². The summed E-state index contributed by atoms with van der Waals surface area (Å²) >= 11 is 0. The molecule has 26 heavy (non-hydrogen) atoms. The number of anilines is 3. The molecule has 4 rings (SSSR count). The summed E-state index contributed by atoms with van der Waals surface area (Å²) in [6.45, 7) is 2.73. The standard InChI is InChI=1S/C20H18N6/c1-14-6-2-3-7-16(14)12-22-20-25-18(13-23-26-20)24-17-10-4-8-15-9-5-11-21-19(15)17/h2-11,13H,12H2,1H3,(H2,22,24,25,26). The van der Waals surface area contributed by atoms with Crippen molar-refractivity contribution in [1.82, 2.24) is 20.2 Å². The highest BCUT2D eigenvalue weighted by molar-refractivity contribution is 5.91. The summed E-state index contributed by atoms with van der Waals surface area (Å²) in [4.78, 5) is 8.94. The van der Waals surface area contributed by atoms with Crippen LogP contribution in [0.25, 0.3) is 10.9 Å². The zero-order valence-corrected chi connectivity index (χ0v) is 14.3. The smallest absolute Gasteiger partial charge is 0.244 e. The van der Waals surface area contributed by atoms with Crippen LogP contribution in [0.15, 0.2) is 67.0 Å². The van der Waals surface area contributed by atoms with Crippen molar-refractivity contribution >= 4 is 28.4 Å². The van der Waals surface area contributed by atoms with Gasteiger partial charge in [0.1, 0.15) is 0 Å². The third-order valence-corrected chi connectivity index (χ3v) is 4.15. The van der Waals surface area contributed by atoms with Crippen LogP contribution in [0.2, 0.25) is 0 Å². The third kappa shape index (κ3) is 3.44. The predicted molar refractivity (Wildman–Crippen MR) is 103 cm³/mol. The molecule has 0 radical (unpaired) electrons. The largest absolute Gasteiger partial charge is 0.349 e. The van der Waals surface area contributed by atoms with Crippen LogP contribution in [0, 0.1) is 6.92 Å². The topological polar surface area (TPSA) is 75.6 Å². The Hall–Kier alpha value is -3.54. The van der Waals surface area contributed by atoms with E-state index in [0.717, 1.165) is 16.6 Å². The highest BCUT2D eigenvalue weighted by Crippen LogP contribution is 2.23. The summed E-state index contributed by atoms with van der Waals surface area (Å²) in [6, 6.07) is 18.2. The van der Waals surface area contributed by atoms with Crippen LogP contribution in [0.4, 0.5) is 17.5 Å². The molecule has 0 saturated carbocycles. The van der Waals surface area contributed by atoms with Crippen LogP contribution in [0.5, 0.6) is 0 Å². The van der Waals surface area contributed by atoms with Gasteiger partial charge in [0.2, 0.25) is 5.95 Å². The van der Waals surface area contributed by atoms with E-state index in [1.54, 1.807) is 12.4 Å². The summed E-state index contributed by atoms with van der Waals surface area (Å²) in [5.74, 6) is 1.09. The van der Waals surface area contributed by atoms with Crippen molar-refractivity contribution in [3.05, 3.63) is 78.1 Å². The van der Waals surface area contributed by atoms with Crippen molar-refractivity contribution in [2.24, 2.45) is 0 Å². The van der Waals surface area contributed by atoms with Gasteiger partial charge in [0.15, 0.2) is 5.82 Å². The Morgan fingerprint density at radius 2 is 1.85 bits per heavy atom. The average Bonchev–Trinajstić information content (AvgIpc) is 2.68. The first-order valence-electron chi connectivity index (χ1n) is 8.38. The molecule has 0 amide bonds. The SMILES string of the molecule is Cc1ccccc1CNc1nncc(Nc2cccc3cccnc23)n1. The number of nitrogens with one attached hydrogen (secondary N) is 2. The first-order chi connectivity index (χ1) is 12.8. The second-order valence-corrected chi connectivity index (χ2v) is 5.95. The van der Waals surface area contributed by atoms with E-state index in [2.05, 4.69) is 49.9 Å². The van der Waals surface area contributed by atoms with E-state index in [9.17, 15) is 0 Å².